The number of aryl methyl sites for hydroxylation is 2. The zero-order valence-electron chi connectivity index (χ0n) is 15.0. The van der Waals surface area contributed by atoms with E-state index in [0.717, 1.165) is 18.6 Å². The predicted octanol–water partition coefficient (Wildman–Crippen LogP) is 1.51. The number of carbonyl (C=O) groups excluding carboxylic acids is 1. The second-order valence-electron chi connectivity index (χ2n) is 6.65. The van der Waals surface area contributed by atoms with Crippen molar-refractivity contribution in [3.05, 3.63) is 60.0 Å². The Morgan fingerprint density at radius 2 is 2.11 bits per heavy atom. The average Bonchev–Trinajstić information content (AvgIpc) is 3.14. The molecule has 3 heterocycles. The first-order valence-corrected chi connectivity index (χ1v) is 9.10. The molecule has 27 heavy (non-hydrogen) atoms. The summed E-state index contributed by atoms with van der Waals surface area (Å²) in [7, 11) is 0. The predicted molar refractivity (Wildman–Crippen MR) is 100 cm³/mol. The quantitative estimate of drug-likeness (QED) is 0.740. The van der Waals surface area contributed by atoms with E-state index in [4.69, 9.17) is 4.74 Å². The van der Waals surface area contributed by atoms with Gasteiger partial charge in [0.1, 0.15) is 5.52 Å². The molecule has 0 bridgehead atoms. The number of aromatic nitrogens is 3. The Hall–Kier alpha value is -2.77. The molecule has 7 nitrogen and oxygen atoms in total. The summed E-state index contributed by atoms with van der Waals surface area (Å²) in [6.07, 6.45) is 4.25. The number of imidazole rings is 1. The van der Waals surface area contributed by atoms with Gasteiger partial charge in [-0.05, 0) is 18.1 Å². The van der Waals surface area contributed by atoms with Gasteiger partial charge in [-0.3, -0.25) is 4.79 Å². The number of hydrogen-bond acceptors (Lipinski definition) is 5. The fourth-order valence-electron chi connectivity index (χ4n) is 3.36. The largest absolute Gasteiger partial charge is 0.394 e. The van der Waals surface area contributed by atoms with Gasteiger partial charge in [-0.25, -0.2) is 9.97 Å². The third-order valence-electron chi connectivity index (χ3n) is 4.89. The lowest BCUT2D eigenvalue weighted by molar-refractivity contribution is -0.0184. The summed E-state index contributed by atoms with van der Waals surface area (Å²) in [5.74, 6) is -0.148. The van der Waals surface area contributed by atoms with Crippen molar-refractivity contribution in [1.29, 1.82) is 0 Å². The summed E-state index contributed by atoms with van der Waals surface area (Å²) in [6, 6.07) is 11.7. The molecule has 1 saturated heterocycles. The van der Waals surface area contributed by atoms with Crippen molar-refractivity contribution in [3.63, 3.8) is 0 Å². The molecule has 0 spiro atoms. The van der Waals surface area contributed by atoms with Gasteiger partial charge in [-0.1, -0.05) is 30.3 Å². The Morgan fingerprint density at radius 3 is 2.93 bits per heavy atom. The Labute approximate surface area is 157 Å². The van der Waals surface area contributed by atoms with Crippen LogP contribution < -0.4 is 0 Å². The number of benzene rings is 1. The van der Waals surface area contributed by atoms with Crippen LogP contribution in [0, 0.1) is 0 Å². The molecule has 1 fully saturated rings. The summed E-state index contributed by atoms with van der Waals surface area (Å²) in [5, 5.41) is 9.48. The lowest BCUT2D eigenvalue weighted by Crippen LogP contribution is -2.50. The topological polar surface area (TPSA) is 80.5 Å². The third-order valence-corrected chi connectivity index (χ3v) is 4.89. The van der Waals surface area contributed by atoms with E-state index < -0.39 is 0 Å². The van der Waals surface area contributed by atoms with Gasteiger partial charge in [-0.2, -0.15) is 0 Å². The Morgan fingerprint density at radius 1 is 1.26 bits per heavy atom. The molecule has 1 atom stereocenters. The van der Waals surface area contributed by atoms with Crippen molar-refractivity contribution in [1.82, 2.24) is 19.4 Å². The SMILES string of the molecule is O=C(c1cnc2c(c1)ncn2CCc1ccccc1)N1CCOCC1CO. The first-order chi connectivity index (χ1) is 13.3. The van der Waals surface area contributed by atoms with E-state index in [1.807, 2.05) is 22.8 Å². The lowest BCUT2D eigenvalue weighted by atomic mass is 10.1. The van der Waals surface area contributed by atoms with E-state index in [1.165, 1.54) is 5.56 Å². The van der Waals surface area contributed by atoms with Crippen molar-refractivity contribution >= 4 is 17.1 Å². The fraction of sp³-hybridized carbons (Fsp3) is 0.350. The van der Waals surface area contributed by atoms with Gasteiger partial charge in [0.05, 0.1) is 37.8 Å². The van der Waals surface area contributed by atoms with Crippen LogP contribution in [0.25, 0.3) is 11.2 Å². The number of aliphatic hydroxyl groups is 1. The molecule has 2 aromatic heterocycles. The summed E-state index contributed by atoms with van der Waals surface area (Å²) in [4.78, 5) is 23.4. The van der Waals surface area contributed by atoms with E-state index in [-0.39, 0.29) is 18.6 Å². The van der Waals surface area contributed by atoms with Gasteiger partial charge in [0.15, 0.2) is 5.65 Å². The first kappa shape index (κ1) is 17.6. The number of aliphatic hydroxyl groups excluding tert-OH is 1. The minimum Gasteiger partial charge on any atom is -0.394 e. The molecule has 7 heteroatoms. The van der Waals surface area contributed by atoms with Gasteiger partial charge < -0.3 is 19.3 Å². The van der Waals surface area contributed by atoms with Gasteiger partial charge in [0, 0.05) is 19.3 Å². The second kappa shape index (κ2) is 7.85. The molecular formula is C20H22N4O3. The van der Waals surface area contributed by atoms with Crippen molar-refractivity contribution in [3.8, 4) is 0 Å². The summed E-state index contributed by atoms with van der Waals surface area (Å²) < 4.78 is 7.34. The highest BCUT2D eigenvalue weighted by Crippen LogP contribution is 2.17. The monoisotopic (exact) mass is 366 g/mol. The zero-order chi connectivity index (χ0) is 18.6. The number of ether oxygens (including phenoxy) is 1. The standard InChI is InChI=1S/C20H22N4O3/c25-12-17-13-27-9-8-24(17)20(26)16-10-18-19(21-11-16)23(14-22-18)7-6-15-4-2-1-3-5-15/h1-5,10-11,14,17,25H,6-9,12-13H2. The molecule has 0 saturated carbocycles. The maximum atomic E-state index is 12.8. The fourth-order valence-corrected chi connectivity index (χ4v) is 3.36. The highest BCUT2D eigenvalue weighted by Gasteiger charge is 2.28. The van der Waals surface area contributed by atoms with E-state index in [2.05, 4.69) is 22.1 Å². The summed E-state index contributed by atoms with van der Waals surface area (Å²) in [6.45, 7) is 1.96. The maximum Gasteiger partial charge on any atom is 0.255 e. The number of amides is 1. The summed E-state index contributed by atoms with van der Waals surface area (Å²) >= 11 is 0. The molecule has 1 unspecified atom stereocenters. The highest BCUT2D eigenvalue weighted by molar-refractivity contribution is 5.96. The number of morpholine rings is 1. The smallest absolute Gasteiger partial charge is 0.255 e. The minimum absolute atomic E-state index is 0.116. The van der Waals surface area contributed by atoms with Crippen molar-refractivity contribution in [2.24, 2.45) is 0 Å². The normalized spacial score (nSPS) is 17.4. The van der Waals surface area contributed by atoms with Crippen LogP contribution in [0.2, 0.25) is 0 Å². The second-order valence-corrected chi connectivity index (χ2v) is 6.65. The Balaban J connectivity index is 1.52. The van der Waals surface area contributed by atoms with Gasteiger partial charge in [0.25, 0.3) is 5.91 Å². The molecule has 0 radical (unpaired) electrons. The highest BCUT2D eigenvalue weighted by atomic mass is 16.5. The molecule has 1 amide bonds. The number of hydrogen-bond donors (Lipinski definition) is 1. The minimum atomic E-state index is -0.314. The van der Waals surface area contributed by atoms with E-state index in [1.54, 1.807) is 23.5 Å². The molecule has 1 N–H and O–H groups in total. The van der Waals surface area contributed by atoms with Gasteiger partial charge in [-0.15, -0.1) is 0 Å². The molecule has 140 valence electrons. The number of pyridine rings is 1. The zero-order valence-corrected chi connectivity index (χ0v) is 15.0. The van der Waals surface area contributed by atoms with Crippen LogP contribution in [-0.4, -0.2) is 62.9 Å². The molecule has 3 aromatic rings. The first-order valence-electron chi connectivity index (χ1n) is 9.10. The van der Waals surface area contributed by atoms with Gasteiger partial charge >= 0.3 is 0 Å². The van der Waals surface area contributed by atoms with E-state index >= 15 is 0 Å². The van der Waals surface area contributed by atoms with Crippen molar-refractivity contribution in [2.75, 3.05) is 26.4 Å². The molecular weight excluding hydrogens is 344 g/mol. The van der Waals surface area contributed by atoms with Crippen molar-refractivity contribution in [2.45, 2.75) is 19.0 Å². The van der Waals surface area contributed by atoms with Crippen LogP contribution in [-0.2, 0) is 17.7 Å². The van der Waals surface area contributed by atoms with Crippen LogP contribution in [0.4, 0.5) is 0 Å². The molecule has 1 aromatic carbocycles. The van der Waals surface area contributed by atoms with Crippen LogP contribution in [0.3, 0.4) is 0 Å². The van der Waals surface area contributed by atoms with Crippen LogP contribution >= 0.6 is 0 Å². The Bertz CT molecular complexity index is 925. The molecule has 4 rings (SSSR count). The van der Waals surface area contributed by atoms with E-state index in [9.17, 15) is 9.90 Å². The molecule has 0 aliphatic carbocycles. The van der Waals surface area contributed by atoms with Gasteiger partial charge in [0.2, 0.25) is 0 Å². The third kappa shape index (κ3) is 3.70. The molecule has 1 aliphatic rings. The maximum absolute atomic E-state index is 12.8. The number of carbonyl (C=O) groups is 1. The summed E-state index contributed by atoms with van der Waals surface area (Å²) in [5.41, 5.74) is 3.20. The molecule has 1 aliphatic heterocycles. The number of rotatable bonds is 5. The van der Waals surface area contributed by atoms with Crippen LogP contribution in [0.1, 0.15) is 15.9 Å². The Kier molecular flexibility index (Phi) is 5.13. The average molecular weight is 366 g/mol. The number of nitrogens with zero attached hydrogens (tertiary/aromatic N) is 4. The van der Waals surface area contributed by atoms with Crippen molar-refractivity contribution < 1.29 is 14.6 Å². The van der Waals surface area contributed by atoms with Crippen LogP contribution in [0.5, 0.6) is 0 Å². The number of fused-ring (bicyclic) bond motifs is 1. The lowest BCUT2D eigenvalue weighted by Gasteiger charge is -2.34. The van der Waals surface area contributed by atoms with E-state index in [0.29, 0.717) is 30.8 Å². The van der Waals surface area contributed by atoms with Crippen LogP contribution in [0.15, 0.2) is 48.9 Å².